The van der Waals surface area contributed by atoms with Crippen molar-refractivity contribution in [1.29, 1.82) is 0 Å². The van der Waals surface area contributed by atoms with E-state index in [0.29, 0.717) is 25.2 Å². The standard InChI is InChI=1S/C20H24BrN3O3/c21-15-8-4-7-14(9-15)20(27)24-10-16(13-5-2-1-3-6-13)22-11-17-19(26)18(25)12-23-17/h1-9,16-19,22-23,25-26H,10-12H2,(H,24,27)/t16-,17+,18-,19+/m0/s1. The highest BCUT2D eigenvalue weighted by molar-refractivity contribution is 9.10. The summed E-state index contributed by atoms with van der Waals surface area (Å²) in [5.74, 6) is -0.145. The number of amides is 1. The predicted octanol–water partition coefficient (Wildman–Crippen LogP) is 1.20. The van der Waals surface area contributed by atoms with Crippen LogP contribution in [0.4, 0.5) is 0 Å². The molecule has 0 unspecified atom stereocenters. The molecular formula is C20H24BrN3O3. The van der Waals surface area contributed by atoms with Gasteiger partial charge in [0.25, 0.3) is 5.91 Å². The van der Waals surface area contributed by atoms with Crippen LogP contribution in [-0.4, -0.2) is 54.0 Å². The van der Waals surface area contributed by atoms with E-state index in [-0.39, 0.29) is 18.0 Å². The Morgan fingerprint density at radius 3 is 2.63 bits per heavy atom. The Balaban J connectivity index is 1.63. The lowest BCUT2D eigenvalue weighted by molar-refractivity contribution is 0.0403. The number of carbonyl (C=O) groups excluding carboxylic acids is 1. The number of nitrogens with one attached hydrogen (secondary N) is 3. The maximum atomic E-state index is 12.4. The van der Waals surface area contributed by atoms with Crippen molar-refractivity contribution in [2.75, 3.05) is 19.6 Å². The minimum absolute atomic E-state index is 0.117. The molecule has 27 heavy (non-hydrogen) atoms. The van der Waals surface area contributed by atoms with Gasteiger partial charge < -0.3 is 26.2 Å². The molecule has 0 aromatic heterocycles. The van der Waals surface area contributed by atoms with Crippen molar-refractivity contribution in [2.45, 2.75) is 24.3 Å². The van der Waals surface area contributed by atoms with Crippen molar-refractivity contribution < 1.29 is 15.0 Å². The summed E-state index contributed by atoms with van der Waals surface area (Å²) in [5.41, 5.74) is 1.63. The van der Waals surface area contributed by atoms with Crippen molar-refractivity contribution in [2.24, 2.45) is 0 Å². The van der Waals surface area contributed by atoms with E-state index in [0.717, 1.165) is 10.0 Å². The summed E-state index contributed by atoms with van der Waals surface area (Å²) >= 11 is 3.38. The van der Waals surface area contributed by atoms with Gasteiger partial charge in [-0.15, -0.1) is 0 Å². The first-order valence-corrected chi connectivity index (χ1v) is 9.75. The monoisotopic (exact) mass is 433 g/mol. The van der Waals surface area contributed by atoms with Crippen molar-refractivity contribution in [1.82, 2.24) is 16.0 Å². The fourth-order valence-electron chi connectivity index (χ4n) is 3.16. The number of rotatable bonds is 7. The van der Waals surface area contributed by atoms with Gasteiger partial charge in [-0.1, -0.05) is 52.3 Å². The lowest BCUT2D eigenvalue weighted by Gasteiger charge is -2.23. The smallest absolute Gasteiger partial charge is 0.251 e. The average molecular weight is 434 g/mol. The summed E-state index contributed by atoms with van der Waals surface area (Å²) in [4.78, 5) is 12.4. The fourth-order valence-corrected chi connectivity index (χ4v) is 3.56. The lowest BCUT2D eigenvalue weighted by atomic mass is 10.1. The van der Waals surface area contributed by atoms with Crippen LogP contribution in [-0.2, 0) is 0 Å². The van der Waals surface area contributed by atoms with Gasteiger partial charge in [0.2, 0.25) is 0 Å². The first-order valence-electron chi connectivity index (χ1n) is 8.96. The van der Waals surface area contributed by atoms with Crippen molar-refractivity contribution >= 4 is 21.8 Å². The Morgan fingerprint density at radius 2 is 1.96 bits per heavy atom. The van der Waals surface area contributed by atoms with Crippen LogP contribution < -0.4 is 16.0 Å². The highest BCUT2D eigenvalue weighted by Crippen LogP contribution is 2.15. The van der Waals surface area contributed by atoms with Gasteiger partial charge in [-0.05, 0) is 23.8 Å². The minimum Gasteiger partial charge on any atom is -0.389 e. The van der Waals surface area contributed by atoms with E-state index in [1.54, 1.807) is 12.1 Å². The molecule has 6 nitrogen and oxygen atoms in total. The molecule has 0 saturated carbocycles. The van der Waals surface area contributed by atoms with E-state index >= 15 is 0 Å². The summed E-state index contributed by atoms with van der Waals surface area (Å²) in [6.07, 6.45) is -1.55. The summed E-state index contributed by atoms with van der Waals surface area (Å²) in [5, 5.41) is 29.1. The van der Waals surface area contributed by atoms with Crippen LogP contribution in [0, 0.1) is 0 Å². The van der Waals surface area contributed by atoms with E-state index < -0.39 is 12.2 Å². The summed E-state index contributed by atoms with van der Waals surface area (Å²) in [6, 6.07) is 16.7. The molecule has 1 aliphatic heterocycles. The molecule has 1 saturated heterocycles. The van der Waals surface area contributed by atoms with E-state index in [1.807, 2.05) is 42.5 Å². The first kappa shape index (κ1) is 20.0. The molecule has 144 valence electrons. The highest BCUT2D eigenvalue weighted by atomic mass is 79.9. The number of β-amino-alcohol motifs (C(OH)–C–C–N with tert-alkyl or cyclic N) is 1. The topological polar surface area (TPSA) is 93.6 Å². The fraction of sp³-hybridized carbons (Fsp3) is 0.350. The normalized spacial score (nSPS) is 23.1. The SMILES string of the molecule is O=C(NC[C@H](NC[C@H]1NC[C@H](O)[C@@H]1O)c1ccccc1)c1cccc(Br)c1. The number of aliphatic hydroxyl groups excluding tert-OH is 2. The molecule has 7 heteroatoms. The maximum Gasteiger partial charge on any atom is 0.251 e. The zero-order valence-corrected chi connectivity index (χ0v) is 16.4. The van der Waals surface area contributed by atoms with Crippen molar-refractivity contribution in [3.8, 4) is 0 Å². The number of carbonyl (C=O) groups is 1. The molecule has 0 bridgehead atoms. The lowest BCUT2D eigenvalue weighted by Crippen LogP contribution is -2.45. The zero-order chi connectivity index (χ0) is 19.2. The van der Waals surface area contributed by atoms with Crippen LogP contribution in [0.1, 0.15) is 22.0 Å². The Kier molecular flexibility index (Phi) is 6.98. The molecular weight excluding hydrogens is 410 g/mol. The molecule has 0 aliphatic carbocycles. The van der Waals surface area contributed by atoms with Gasteiger partial charge in [0.15, 0.2) is 0 Å². The Morgan fingerprint density at radius 1 is 1.19 bits per heavy atom. The Bertz CT molecular complexity index is 759. The van der Waals surface area contributed by atoms with Crippen LogP contribution in [0.25, 0.3) is 0 Å². The van der Waals surface area contributed by atoms with Crippen LogP contribution in [0.5, 0.6) is 0 Å². The van der Waals surface area contributed by atoms with Gasteiger partial charge in [-0.25, -0.2) is 0 Å². The molecule has 0 spiro atoms. The quantitative estimate of drug-likeness (QED) is 0.452. The Hall–Kier alpha value is -1.77. The molecule has 1 aliphatic rings. The maximum absolute atomic E-state index is 12.4. The van der Waals surface area contributed by atoms with E-state index in [4.69, 9.17) is 0 Å². The molecule has 5 N–H and O–H groups in total. The predicted molar refractivity (Wildman–Crippen MR) is 107 cm³/mol. The summed E-state index contributed by atoms with van der Waals surface area (Å²) < 4.78 is 0.854. The van der Waals surface area contributed by atoms with Crippen molar-refractivity contribution in [3.63, 3.8) is 0 Å². The van der Waals surface area contributed by atoms with Crippen molar-refractivity contribution in [3.05, 3.63) is 70.2 Å². The van der Waals surface area contributed by atoms with Gasteiger partial charge in [-0.3, -0.25) is 4.79 Å². The second-order valence-corrected chi connectivity index (χ2v) is 7.58. The zero-order valence-electron chi connectivity index (χ0n) is 14.8. The highest BCUT2D eigenvalue weighted by Gasteiger charge is 2.33. The summed E-state index contributed by atoms with van der Waals surface area (Å²) in [7, 11) is 0. The summed E-state index contributed by atoms with van der Waals surface area (Å²) in [6.45, 7) is 1.26. The van der Waals surface area contributed by atoms with Gasteiger partial charge in [-0.2, -0.15) is 0 Å². The number of aliphatic hydroxyl groups is 2. The van der Waals surface area contributed by atoms with Gasteiger partial charge in [0.05, 0.1) is 12.2 Å². The Labute approximate surface area is 167 Å². The largest absolute Gasteiger partial charge is 0.389 e. The van der Waals surface area contributed by atoms with E-state index in [9.17, 15) is 15.0 Å². The number of benzene rings is 2. The molecule has 1 fully saturated rings. The van der Waals surface area contributed by atoms with E-state index in [1.165, 1.54) is 0 Å². The van der Waals surface area contributed by atoms with Gasteiger partial charge in [0, 0.05) is 41.8 Å². The molecule has 4 atom stereocenters. The molecule has 0 radical (unpaired) electrons. The molecule has 2 aromatic rings. The third-order valence-corrected chi connectivity index (χ3v) is 5.23. The average Bonchev–Trinajstić information content (AvgIpc) is 3.00. The molecule has 1 heterocycles. The number of halogens is 1. The molecule has 3 rings (SSSR count). The number of hydrogen-bond acceptors (Lipinski definition) is 5. The second kappa shape index (κ2) is 9.43. The minimum atomic E-state index is -0.801. The second-order valence-electron chi connectivity index (χ2n) is 6.66. The van der Waals surface area contributed by atoms with E-state index in [2.05, 4.69) is 31.9 Å². The van der Waals surface area contributed by atoms with Crippen LogP contribution >= 0.6 is 15.9 Å². The third-order valence-electron chi connectivity index (χ3n) is 4.74. The van der Waals surface area contributed by atoms with Crippen LogP contribution in [0.3, 0.4) is 0 Å². The number of hydrogen-bond donors (Lipinski definition) is 5. The van der Waals surface area contributed by atoms with Crippen LogP contribution in [0.15, 0.2) is 59.1 Å². The van der Waals surface area contributed by atoms with Gasteiger partial charge >= 0.3 is 0 Å². The third kappa shape index (κ3) is 5.37. The van der Waals surface area contributed by atoms with Crippen LogP contribution in [0.2, 0.25) is 0 Å². The first-order chi connectivity index (χ1) is 13.0. The van der Waals surface area contributed by atoms with Gasteiger partial charge in [0.1, 0.15) is 0 Å². The molecule has 1 amide bonds. The molecule has 2 aromatic carbocycles.